The third-order valence-corrected chi connectivity index (χ3v) is 12.2. The number of carbonyl (C=O) groups excluding carboxylic acids is 1. The van der Waals surface area contributed by atoms with Gasteiger partial charge in [0.05, 0.1) is 56.3 Å². The normalized spacial score (nSPS) is 38.6. The van der Waals surface area contributed by atoms with Gasteiger partial charge in [-0.25, -0.2) is 0 Å². The maximum Gasteiger partial charge on any atom is 0.170 e. The van der Waals surface area contributed by atoms with E-state index in [1.165, 1.54) is 0 Å². The van der Waals surface area contributed by atoms with Crippen LogP contribution in [0.15, 0.2) is 54.6 Å². The van der Waals surface area contributed by atoms with E-state index in [0.29, 0.717) is 13.0 Å². The Morgan fingerprint density at radius 1 is 0.875 bits per heavy atom. The fourth-order valence-electron chi connectivity index (χ4n) is 9.18. The molecule has 1 aliphatic heterocycles. The van der Waals surface area contributed by atoms with Gasteiger partial charge in [0.25, 0.3) is 0 Å². The zero-order valence-corrected chi connectivity index (χ0v) is 29.0. The average Bonchev–Trinajstić information content (AvgIpc) is 3.53. The molecule has 4 fully saturated rings. The van der Waals surface area contributed by atoms with E-state index in [1.54, 1.807) is 7.11 Å². The molecule has 1 spiro atoms. The fraction of sp³-hybridized carbons (Fsp3) is 0.658. The molecule has 2 bridgehead atoms. The maximum atomic E-state index is 14.9. The van der Waals surface area contributed by atoms with E-state index in [9.17, 15) is 20.1 Å². The van der Waals surface area contributed by atoms with Gasteiger partial charge in [-0.1, -0.05) is 56.3 Å². The minimum atomic E-state index is -1.54. The van der Waals surface area contributed by atoms with Gasteiger partial charge in [-0.15, -0.1) is 0 Å². The van der Waals surface area contributed by atoms with Crippen molar-refractivity contribution >= 4 is 5.78 Å². The summed E-state index contributed by atoms with van der Waals surface area (Å²) in [6, 6.07) is 17.3. The fourth-order valence-corrected chi connectivity index (χ4v) is 9.18. The SMILES string of the molecule is COc1ccc(CO[C@@H]2C[C@H](OCOCc3ccccc3)[C@@]3(C)C(=O)[C@H](O)[C@H]4CC[C@@](O)([C@@H](O)C[C@@H]3[C@]23COC(C)(C)O3)C4(C)C)cc1. The van der Waals surface area contributed by atoms with Crippen LogP contribution in [0.3, 0.4) is 0 Å². The van der Waals surface area contributed by atoms with E-state index in [4.69, 9.17) is 28.4 Å². The highest BCUT2D eigenvalue weighted by Gasteiger charge is 2.72. The predicted molar refractivity (Wildman–Crippen MR) is 176 cm³/mol. The van der Waals surface area contributed by atoms with Crippen LogP contribution in [0, 0.1) is 22.7 Å². The summed E-state index contributed by atoms with van der Waals surface area (Å²) in [4.78, 5) is 14.9. The number of rotatable bonds is 9. The van der Waals surface area contributed by atoms with E-state index in [1.807, 2.05) is 89.2 Å². The summed E-state index contributed by atoms with van der Waals surface area (Å²) in [7, 11) is 1.62. The molecule has 2 aromatic carbocycles. The lowest BCUT2D eigenvalue weighted by molar-refractivity contribution is -0.277. The molecule has 0 amide bonds. The van der Waals surface area contributed by atoms with Gasteiger partial charge in [0, 0.05) is 23.7 Å². The van der Waals surface area contributed by atoms with Crippen molar-refractivity contribution in [1.82, 2.24) is 0 Å². The van der Waals surface area contributed by atoms with Crippen LogP contribution in [-0.2, 0) is 41.7 Å². The molecule has 1 heterocycles. The Morgan fingerprint density at radius 2 is 1.56 bits per heavy atom. The summed E-state index contributed by atoms with van der Waals surface area (Å²) in [5, 5.41) is 36.1. The number of benzene rings is 2. The van der Waals surface area contributed by atoms with Crippen molar-refractivity contribution in [2.45, 2.75) is 115 Å². The first-order valence-corrected chi connectivity index (χ1v) is 17.1. The summed E-state index contributed by atoms with van der Waals surface area (Å²) in [5.41, 5.74) is -3.16. The predicted octanol–water partition coefficient (Wildman–Crippen LogP) is 4.55. The smallest absolute Gasteiger partial charge is 0.170 e. The zero-order chi connectivity index (χ0) is 34.5. The number of ketones is 1. The molecule has 6 rings (SSSR count). The second-order valence-corrected chi connectivity index (χ2v) is 15.4. The second kappa shape index (κ2) is 13.0. The van der Waals surface area contributed by atoms with Gasteiger partial charge in [0.15, 0.2) is 11.6 Å². The number of methoxy groups -OCH3 is 1. The van der Waals surface area contributed by atoms with Crippen LogP contribution in [0.5, 0.6) is 5.75 Å². The van der Waals surface area contributed by atoms with Crippen LogP contribution in [0.2, 0.25) is 0 Å². The van der Waals surface area contributed by atoms with Crippen molar-refractivity contribution in [3.05, 3.63) is 65.7 Å². The lowest BCUT2D eigenvalue weighted by Crippen LogP contribution is -2.69. The number of ether oxygens (including phenoxy) is 6. The molecular weight excluding hydrogens is 616 g/mol. The van der Waals surface area contributed by atoms with Gasteiger partial charge in [-0.2, -0.15) is 0 Å². The number of Topliss-reactive ketones (excluding diaryl/α,β-unsaturated/α-hetero) is 1. The molecule has 4 aliphatic rings. The first kappa shape index (κ1) is 35.4. The quantitative estimate of drug-likeness (QED) is 0.258. The van der Waals surface area contributed by atoms with Crippen molar-refractivity contribution in [3.63, 3.8) is 0 Å². The Hall–Kier alpha value is -2.41. The van der Waals surface area contributed by atoms with Gasteiger partial charge in [-0.05, 0) is 63.3 Å². The second-order valence-electron chi connectivity index (χ2n) is 15.4. The molecule has 10 nitrogen and oxygen atoms in total. The highest BCUT2D eigenvalue weighted by Crippen LogP contribution is 2.62. The van der Waals surface area contributed by atoms with Crippen molar-refractivity contribution in [2.24, 2.45) is 22.7 Å². The lowest BCUT2D eigenvalue weighted by atomic mass is 9.53. The largest absolute Gasteiger partial charge is 0.497 e. The van der Waals surface area contributed by atoms with E-state index in [-0.39, 0.29) is 39.3 Å². The molecule has 3 saturated carbocycles. The highest BCUT2D eigenvalue weighted by atomic mass is 16.8. The summed E-state index contributed by atoms with van der Waals surface area (Å²) in [5.74, 6) is -2.01. The number of aliphatic hydroxyl groups is 3. The lowest BCUT2D eigenvalue weighted by Gasteiger charge is -2.57. The van der Waals surface area contributed by atoms with Crippen LogP contribution in [0.4, 0.5) is 0 Å². The van der Waals surface area contributed by atoms with Crippen LogP contribution in [-0.4, -0.2) is 83.0 Å². The van der Waals surface area contributed by atoms with Crippen molar-refractivity contribution < 1.29 is 48.5 Å². The van der Waals surface area contributed by atoms with Gasteiger partial charge < -0.3 is 43.7 Å². The van der Waals surface area contributed by atoms with Gasteiger partial charge in [0.2, 0.25) is 0 Å². The molecule has 3 N–H and O–H groups in total. The number of hydrogen-bond acceptors (Lipinski definition) is 10. The standard InChI is InChI=1S/C38H52O10/c1-34(2)27-16-17-38(34,42)29(39)18-28-36(5,33(41)32(27)40)30(46-23-44-20-24-10-8-7-9-11-24)19-31(37(28)22-47-35(3,4)48-37)45-21-25-12-14-26(43-6)15-13-25/h7-15,27-32,39-40,42H,16-23H2,1-6H3/t27-,28+,29+,30+,31-,32-,36+,37-,38-/m1/s1. The van der Waals surface area contributed by atoms with Crippen molar-refractivity contribution in [1.29, 1.82) is 0 Å². The minimum Gasteiger partial charge on any atom is -0.497 e. The zero-order valence-electron chi connectivity index (χ0n) is 29.0. The van der Waals surface area contributed by atoms with Crippen molar-refractivity contribution in [3.8, 4) is 5.75 Å². The van der Waals surface area contributed by atoms with Crippen LogP contribution in [0.1, 0.15) is 71.4 Å². The molecule has 2 aromatic rings. The number of fused-ring (bicyclic) bond motifs is 4. The molecular formula is C38H52O10. The van der Waals surface area contributed by atoms with E-state index in [2.05, 4.69) is 0 Å². The molecule has 48 heavy (non-hydrogen) atoms. The number of carbonyl (C=O) groups is 1. The molecule has 10 heteroatoms. The summed E-state index contributed by atoms with van der Waals surface area (Å²) < 4.78 is 37.6. The maximum absolute atomic E-state index is 14.9. The first-order chi connectivity index (χ1) is 22.7. The summed E-state index contributed by atoms with van der Waals surface area (Å²) in [6.07, 6.45) is -3.12. The average molecular weight is 669 g/mol. The number of aliphatic hydroxyl groups excluding tert-OH is 2. The van der Waals surface area contributed by atoms with Gasteiger partial charge >= 0.3 is 0 Å². The van der Waals surface area contributed by atoms with Crippen LogP contribution < -0.4 is 4.74 Å². The van der Waals surface area contributed by atoms with Crippen LogP contribution >= 0.6 is 0 Å². The first-order valence-electron chi connectivity index (χ1n) is 17.1. The topological polar surface area (TPSA) is 133 Å². The molecule has 0 unspecified atom stereocenters. The molecule has 264 valence electrons. The summed E-state index contributed by atoms with van der Waals surface area (Å²) >= 11 is 0. The third kappa shape index (κ3) is 5.92. The monoisotopic (exact) mass is 668 g/mol. The molecule has 3 aliphatic carbocycles. The molecule has 9 atom stereocenters. The van der Waals surface area contributed by atoms with E-state index >= 15 is 0 Å². The Kier molecular flexibility index (Phi) is 9.63. The Bertz CT molecular complexity index is 1430. The molecule has 0 aromatic heterocycles. The van der Waals surface area contributed by atoms with E-state index < -0.39 is 69.9 Å². The van der Waals surface area contributed by atoms with Crippen molar-refractivity contribution in [2.75, 3.05) is 20.5 Å². The highest BCUT2D eigenvalue weighted by molar-refractivity contribution is 5.90. The minimum absolute atomic E-state index is 0.00811. The van der Waals surface area contributed by atoms with E-state index in [0.717, 1.165) is 16.9 Å². The summed E-state index contributed by atoms with van der Waals surface area (Å²) in [6.45, 7) is 9.66. The Morgan fingerprint density at radius 3 is 2.21 bits per heavy atom. The molecule has 1 saturated heterocycles. The Labute approximate surface area is 283 Å². The van der Waals surface area contributed by atoms with Crippen LogP contribution in [0.25, 0.3) is 0 Å². The number of hydrogen-bond donors (Lipinski definition) is 3. The molecule has 0 radical (unpaired) electrons. The van der Waals surface area contributed by atoms with Gasteiger partial charge in [0.1, 0.15) is 24.2 Å². The third-order valence-electron chi connectivity index (χ3n) is 12.2. The Balaban J connectivity index is 1.40. The van der Waals surface area contributed by atoms with Gasteiger partial charge in [-0.3, -0.25) is 4.79 Å².